The Bertz CT molecular complexity index is 2890. The average Bonchev–Trinajstić information content (AvgIpc) is 3.17. The molecule has 10 rings (SSSR count). The van der Waals surface area contributed by atoms with Crippen LogP contribution in [0.15, 0.2) is 158 Å². The molecule has 0 bridgehead atoms. The molecule has 0 radical (unpaired) electrons. The van der Waals surface area contributed by atoms with Crippen LogP contribution in [0.2, 0.25) is 0 Å². The molecule has 4 heterocycles. The van der Waals surface area contributed by atoms with Crippen LogP contribution in [0.3, 0.4) is 0 Å². The zero-order chi connectivity index (χ0) is 31.6. The lowest BCUT2D eigenvalue weighted by molar-refractivity contribution is 1.32. The Labute approximate surface area is 276 Å². The minimum atomic E-state index is 0.901. The average molecular weight is 611 g/mol. The van der Waals surface area contributed by atoms with Crippen molar-refractivity contribution in [3.05, 3.63) is 158 Å². The molecule has 0 saturated carbocycles. The van der Waals surface area contributed by atoms with Crippen molar-refractivity contribution in [3.63, 3.8) is 0 Å². The highest BCUT2D eigenvalue weighted by atomic mass is 14.7. The third-order valence-corrected chi connectivity index (χ3v) is 9.56. The van der Waals surface area contributed by atoms with Crippen molar-refractivity contribution in [1.29, 1.82) is 0 Å². The predicted molar refractivity (Wildman–Crippen MR) is 199 cm³/mol. The van der Waals surface area contributed by atoms with Gasteiger partial charge in [0.05, 0.1) is 27.9 Å². The number of rotatable bonds is 3. The molecule has 48 heavy (non-hydrogen) atoms. The number of fused-ring (bicyclic) bond motifs is 11. The van der Waals surface area contributed by atoms with E-state index in [0.717, 1.165) is 61.0 Å². The molecule has 0 saturated heterocycles. The molecule has 0 fully saturated rings. The third-order valence-electron chi connectivity index (χ3n) is 9.56. The molecular weight excluding hydrogens is 585 g/mol. The predicted octanol–water partition coefficient (Wildman–Crippen LogP) is 11.2. The zero-order valence-corrected chi connectivity index (χ0v) is 25.8. The van der Waals surface area contributed by atoms with Crippen LogP contribution in [0.25, 0.3) is 98.7 Å². The fourth-order valence-corrected chi connectivity index (χ4v) is 7.39. The lowest BCUT2D eigenvalue weighted by atomic mass is 9.89. The van der Waals surface area contributed by atoms with Crippen molar-refractivity contribution in [1.82, 2.24) is 19.9 Å². The highest BCUT2D eigenvalue weighted by Gasteiger charge is 2.18. The smallest absolute Gasteiger partial charge is 0.0970 e. The Morgan fingerprint density at radius 2 is 1.12 bits per heavy atom. The van der Waals surface area contributed by atoms with E-state index < -0.39 is 0 Å². The summed E-state index contributed by atoms with van der Waals surface area (Å²) >= 11 is 0. The van der Waals surface area contributed by atoms with Crippen molar-refractivity contribution < 1.29 is 0 Å². The zero-order valence-electron chi connectivity index (χ0n) is 25.8. The standard InChI is InChI=1S/C44H26N4/c1-3-14-34-32(12-1)33-13-2-4-15-35(33)41-40(34)37-16-5-6-17-39(37)48-42(41)29-10-7-9-28(25-29)38-21-19-30(26-47-38)31-22-24-46-44-36(31)20-18-27-11-8-23-45-43(27)44/h1-26H. The summed E-state index contributed by atoms with van der Waals surface area (Å²) in [7, 11) is 0. The largest absolute Gasteiger partial charge is 0.256 e. The molecule has 6 aromatic carbocycles. The maximum atomic E-state index is 5.34. The Balaban J connectivity index is 1.14. The topological polar surface area (TPSA) is 51.6 Å². The minimum absolute atomic E-state index is 0.901. The third kappa shape index (κ3) is 4.03. The summed E-state index contributed by atoms with van der Waals surface area (Å²) in [6.07, 6.45) is 5.64. The molecule has 4 heteroatoms. The minimum Gasteiger partial charge on any atom is -0.256 e. The van der Waals surface area contributed by atoms with Crippen molar-refractivity contribution in [2.75, 3.05) is 0 Å². The van der Waals surface area contributed by atoms with Gasteiger partial charge >= 0.3 is 0 Å². The lowest BCUT2D eigenvalue weighted by Crippen LogP contribution is -1.93. The molecule has 0 N–H and O–H groups in total. The number of hydrogen-bond acceptors (Lipinski definition) is 4. The molecule has 4 nitrogen and oxygen atoms in total. The number of nitrogens with zero attached hydrogens (tertiary/aromatic N) is 4. The van der Waals surface area contributed by atoms with Gasteiger partial charge in [-0.3, -0.25) is 15.0 Å². The van der Waals surface area contributed by atoms with Crippen LogP contribution >= 0.6 is 0 Å². The highest BCUT2D eigenvalue weighted by molar-refractivity contribution is 6.33. The summed E-state index contributed by atoms with van der Waals surface area (Å²) in [4.78, 5) is 19.6. The first-order chi connectivity index (χ1) is 23.8. The maximum absolute atomic E-state index is 5.34. The summed E-state index contributed by atoms with van der Waals surface area (Å²) in [6.45, 7) is 0. The van der Waals surface area contributed by atoms with Crippen LogP contribution < -0.4 is 0 Å². The summed E-state index contributed by atoms with van der Waals surface area (Å²) in [6, 6.07) is 49.1. The van der Waals surface area contributed by atoms with E-state index in [9.17, 15) is 0 Å². The first kappa shape index (κ1) is 26.7. The van der Waals surface area contributed by atoms with E-state index in [1.165, 1.54) is 37.7 Å². The Kier molecular flexibility index (Phi) is 5.84. The number of benzene rings is 6. The molecule has 222 valence electrons. The molecule has 0 amide bonds. The van der Waals surface area contributed by atoms with Crippen molar-refractivity contribution in [3.8, 4) is 33.6 Å². The van der Waals surface area contributed by atoms with Gasteiger partial charge < -0.3 is 0 Å². The highest BCUT2D eigenvalue weighted by Crippen LogP contribution is 2.43. The normalized spacial score (nSPS) is 11.8. The van der Waals surface area contributed by atoms with Crippen LogP contribution in [-0.4, -0.2) is 19.9 Å². The number of aromatic nitrogens is 4. The van der Waals surface area contributed by atoms with Gasteiger partial charge in [0.2, 0.25) is 0 Å². The van der Waals surface area contributed by atoms with Crippen LogP contribution in [0, 0.1) is 0 Å². The van der Waals surface area contributed by atoms with Gasteiger partial charge in [0.1, 0.15) is 0 Å². The van der Waals surface area contributed by atoms with Gasteiger partial charge in [-0.25, -0.2) is 4.98 Å². The Morgan fingerprint density at radius 3 is 1.94 bits per heavy atom. The van der Waals surface area contributed by atoms with E-state index in [1.54, 1.807) is 0 Å². The van der Waals surface area contributed by atoms with Gasteiger partial charge in [-0.1, -0.05) is 109 Å². The van der Waals surface area contributed by atoms with Gasteiger partial charge in [-0.05, 0) is 57.4 Å². The van der Waals surface area contributed by atoms with Crippen molar-refractivity contribution in [2.24, 2.45) is 0 Å². The molecule has 10 aromatic rings. The number of pyridine rings is 4. The number of hydrogen-bond donors (Lipinski definition) is 0. The summed E-state index contributed by atoms with van der Waals surface area (Å²) in [5.41, 5.74) is 8.92. The molecule has 0 spiro atoms. The Morgan fingerprint density at radius 1 is 0.396 bits per heavy atom. The molecule has 4 aromatic heterocycles. The van der Waals surface area contributed by atoms with Gasteiger partial charge in [0.25, 0.3) is 0 Å². The second-order valence-corrected chi connectivity index (χ2v) is 12.2. The lowest BCUT2D eigenvalue weighted by Gasteiger charge is -2.16. The van der Waals surface area contributed by atoms with Crippen molar-refractivity contribution in [2.45, 2.75) is 0 Å². The van der Waals surface area contributed by atoms with Crippen molar-refractivity contribution >= 4 is 65.0 Å². The summed E-state index contributed by atoms with van der Waals surface area (Å²) in [5.74, 6) is 0. The molecule has 0 atom stereocenters. The van der Waals surface area contributed by atoms with E-state index in [1.807, 2.05) is 24.7 Å². The summed E-state index contributed by atoms with van der Waals surface area (Å²) < 4.78 is 0. The van der Waals surface area contributed by atoms with Crippen LogP contribution in [0.5, 0.6) is 0 Å². The molecule has 0 aliphatic carbocycles. The second kappa shape index (κ2) is 10.5. The molecule has 0 aliphatic rings. The molecular formula is C44H26N4. The van der Waals surface area contributed by atoms with Gasteiger partial charge in [0, 0.05) is 62.2 Å². The van der Waals surface area contributed by atoms with Gasteiger partial charge in [-0.15, -0.1) is 0 Å². The van der Waals surface area contributed by atoms with E-state index in [2.05, 4.69) is 143 Å². The SMILES string of the molecule is c1cc(-c2ccc(-c3ccnc4c3ccc3cccnc34)cn2)cc(-c2nc3ccccc3c3c4ccccc4c4ccccc4c23)c1. The molecule has 0 aliphatic heterocycles. The van der Waals surface area contributed by atoms with E-state index in [-0.39, 0.29) is 0 Å². The monoisotopic (exact) mass is 610 g/mol. The maximum Gasteiger partial charge on any atom is 0.0970 e. The second-order valence-electron chi connectivity index (χ2n) is 12.2. The first-order valence-electron chi connectivity index (χ1n) is 16.1. The first-order valence-corrected chi connectivity index (χ1v) is 16.1. The fraction of sp³-hybridized carbons (Fsp3) is 0. The van der Waals surface area contributed by atoms with E-state index in [0.29, 0.717) is 0 Å². The van der Waals surface area contributed by atoms with Gasteiger partial charge in [0.15, 0.2) is 0 Å². The van der Waals surface area contributed by atoms with Gasteiger partial charge in [-0.2, -0.15) is 0 Å². The van der Waals surface area contributed by atoms with Crippen LogP contribution in [-0.2, 0) is 0 Å². The van der Waals surface area contributed by atoms with E-state index in [4.69, 9.17) is 9.97 Å². The van der Waals surface area contributed by atoms with Crippen LogP contribution in [0.4, 0.5) is 0 Å². The number of para-hydroxylation sites is 1. The Hall–Kier alpha value is -6.52. The quantitative estimate of drug-likeness (QED) is 0.187. The van der Waals surface area contributed by atoms with E-state index >= 15 is 0 Å². The van der Waals surface area contributed by atoms with Crippen LogP contribution in [0.1, 0.15) is 0 Å². The summed E-state index contributed by atoms with van der Waals surface area (Å²) in [5, 5.41) is 10.7. The fourth-order valence-electron chi connectivity index (χ4n) is 7.39. The molecule has 0 unspecified atom stereocenters.